The minimum atomic E-state index is -2.24. The number of hydrogen-bond donors (Lipinski definition) is 3. The van der Waals surface area contributed by atoms with Crippen LogP contribution in [0.2, 0.25) is 0 Å². The van der Waals surface area contributed by atoms with E-state index < -0.39 is 24.0 Å². The number of hydrogen-bond acceptors (Lipinski definition) is 3. The van der Waals surface area contributed by atoms with Crippen molar-refractivity contribution in [3.05, 3.63) is 70.3 Å². The zero-order valence-corrected chi connectivity index (χ0v) is 13.9. The molecule has 0 saturated carbocycles. The molecule has 0 bridgehead atoms. The maximum atomic E-state index is 12.3. The molecule has 0 amide bonds. The van der Waals surface area contributed by atoms with Gasteiger partial charge in [0.25, 0.3) is 0 Å². The second kappa shape index (κ2) is 5.86. The third kappa shape index (κ3) is 2.13. The molecule has 0 spiro atoms. The van der Waals surface area contributed by atoms with Crippen LogP contribution in [0.5, 0.6) is 0 Å². The van der Waals surface area contributed by atoms with E-state index in [9.17, 15) is 24.9 Å². The van der Waals surface area contributed by atoms with E-state index in [0.29, 0.717) is 16.7 Å². The van der Waals surface area contributed by atoms with E-state index in [0.717, 1.165) is 11.1 Å². The van der Waals surface area contributed by atoms with Crippen LogP contribution < -0.4 is 0 Å². The molecule has 25 heavy (non-hydrogen) atoms. The van der Waals surface area contributed by atoms with Gasteiger partial charge in [0.05, 0.1) is 6.61 Å². The second-order valence-electron chi connectivity index (χ2n) is 6.17. The number of carboxylic acids is 2. The number of benzene rings is 2. The summed E-state index contributed by atoms with van der Waals surface area (Å²) in [6.07, 6.45) is 0. The monoisotopic (exact) mass is 338 g/mol. The number of carboxylic acid groups (broad SMARTS) is 2. The Labute approximate surface area is 144 Å². The highest BCUT2D eigenvalue weighted by Gasteiger charge is 2.58. The van der Waals surface area contributed by atoms with Crippen LogP contribution in [0.25, 0.3) is 11.1 Å². The van der Waals surface area contributed by atoms with E-state index in [4.69, 9.17) is 0 Å². The Morgan fingerprint density at radius 3 is 2.08 bits per heavy atom. The molecule has 3 rings (SSSR count). The molecule has 2 aromatic carbocycles. The van der Waals surface area contributed by atoms with Crippen LogP contribution in [-0.2, 0) is 15.0 Å². The van der Waals surface area contributed by atoms with Gasteiger partial charge in [-0.15, -0.1) is 0 Å². The van der Waals surface area contributed by atoms with Gasteiger partial charge in [0.15, 0.2) is 0 Å². The molecule has 0 fully saturated rings. The lowest BCUT2D eigenvalue weighted by molar-refractivity contribution is -0.153. The lowest BCUT2D eigenvalue weighted by atomic mass is 9.74. The first-order valence-electron chi connectivity index (χ1n) is 7.85. The first-order valence-corrected chi connectivity index (χ1v) is 7.85. The Morgan fingerprint density at radius 2 is 1.56 bits per heavy atom. The molecule has 0 aliphatic heterocycles. The van der Waals surface area contributed by atoms with E-state index in [2.05, 4.69) is 0 Å². The largest absolute Gasteiger partial charge is 0.480 e. The Kier molecular flexibility index (Phi) is 3.97. The average Bonchev–Trinajstić information content (AvgIpc) is 2.90. The Balaban J connectivity index is 2.53. The average molecular weight is 338 g/mol. The number of carbonyl (C=O) groups is 2. The van der Waals surface area contributed by atoms with E-state index in [1.165, 1.54) is 0 Å². The second-order valence-corrected chi connectivity index (χ2v) is 6.17. The molecule has 3 N–H and O–H groups in total. The zero-order chi connectivity index (χ0) is 18.4. The molecule has 0 saturated heterocycles. The van der Waals surface area contributed by atoms with Crippen molar-refractivity contribution in [1.29, 1.82) is 0 Å². The zero-order valence-electron chi connectivity index (χ0n) is 13.9. The summed E-state index contributed by atoms with van der Waals surface area (Å²) in [4.78, 5) is 24.5. The number of aliphatic hydroxyl groups excluding tert-OH is 1. The Morgan fingerprint density at radius 1 is 0.960 bits per heavy atom. The van der Waals surface area contributed by atoms with Crippen LogP contribution >= 0.6 is 0 Å². The lowest BCUT2D eigenvalue weighted by Gasteiger charge is -2.25. The van der Waals surface area contributed by atoms with Crippen molar-refractivity contribution in [2.45, 2.75) is 19.3 Å². The molecule has 0 heterocycles. The van der Waals surface area contributed by atoms with Crippen molar-refractivity contribution in [1.82, 2.24) is 0 Å². The molecular weight excluding hydrogens is 320 g/mol. The Bertz CT molecular complexity index is 895. The summed E-state index contributed by atoms with van der Waals surface area (Å²) in [6, 6.07) is 11.8. The van der Waals surface area contributed by atoms with Crippen LogP contribution in [0.1, 0.15) is 27.8 Å². The molecule has 1 aliphatic rings. The standard InChI is InChI=1S/C20H18O5/c1-11-8-9-15-16(12(11)2)14(10-21)17(13-6-4-3-5-7-13)20(15,18(22)23)19(24)25/h3-9,21H,10H2,1-2H3,(H,22,23)(H,24,25). The fraction of sp³-hybridized carbons (Fsp3) is 0.200. The fourth-order valence-corrected chi connectivity index (χ4v) is 3.69. The van der Waals surface area contributed by atoms with Gasteiger partial charge >= 0.3 is 11.9 Å². The minimum absolute atomic E-state index is 0.124. The molecule has 0 atom stereocenters. The third-order valence-electron chi connectivity index (χ3n) is 4.98. The molecule has 1 aliphatic carbocycles. The fourth-order valence-electron chi connectivity index (χ4n) is 3.69. The van der Waals surface area contributed by atoms with Gasteiger partial charge in [-0.1, -0.05) is 42.5 Å². The van der Waals surface area contributed by atoms with Gasteiger partial charge in [0, 0.05) is 0 Å². The summed E-state index contributed by atoms with van der Waals surface area (Å²) in [5.41, 5.74) is 1.11. The quantitative estimate of drug-likeness (QED) is 0.745. The van der Waals surface area contributed by atoms with Crippen molar-refractivity contribution in [2.24, 2.45) is 0 Å². The molecule has 128 valence electrons. The van der Waals surface area contributed by atoms with Gasteiger partial charge in [-0.2, -0.15) is 0 Å². The number of aliphatic hydroxyl groups is 1. The normalized spacial score (nSPS) is 15.2. The van der Waals surface area contributed by atoms with Crippen LogP contribution in [0, 0.1) is 13.8 Å². The van der Waals surface area contributed by atoms with Crippen molar-refractivity contribution in [3.8, 4) is 0 Å². The smallest absolute Gasteiger partial charge is 0.330 e. The Hall–Kier alpha value is -2.92. The summed E-state index contributed by atoms with van der Waals surface area (Å²) < 4.78 is 0. The van der Waals surface area contributed by atoms with E-state index in [-0.39, 0.29) is 11.1 Å². The summed E-state index contributed by atoms with van der Waals surface area (Å²) >= 11 is 0. The molecule has 0 aromatic heterocycles. The molecule has 0 radical (unpaired) electrons. The van der Waals surface area contributed by atoms with Crippen molar-refractivity contribution < 1.29 is 24.9 Å². The van der Waals surface area contributed by atoms with Gasteiger partial charge in [-0.3, -0.25) is 9.59 Å². The molecular formula is C20H18O5. The summed E-state index contributed by atoms with van der Waals surface area (Å²) in [5.74, 6) is -2.93. The molecule has 5 nitrogen and oxygen atoms in total. The lowest BCUT2D eigenvalue weighted by Crippen LogP contribution is -2.43. The molecule has 2 aromatic rings. The first kappa shape index (κ1) is 16.9. The number of aliphatic carboxylic acids is 2. The van der Waals surface area contributed by atoms with Crippen LogP contribution in [0.3, 0.4) is 0 Å². The highest BCUT2D eigenvalue weighted by molar-refractivity contribution is 6.25. The van der Waals surface area contributed by atoms with E-state index in [1.807, 2.05) is 13.8 Å². The molecule has 0 unspecified atom stereocenters. The number of fused-ring (bicyclic) bond motifs is 1. The van der Waals surface area contributed by atoms with Gasteiger partial charge in [-0.05, 0) is 52.8 Å². The van der Waals surface area contributed by atoms with Crippen LogP contribution in [0.15, 0.2) is 42.5 Å². The van der Waals surface area contributed by atoms with Gasteiger partial charge < -0.3 is 15.3 Å². The highest BCUT2D eigenvalue weighted by atomic mass is 16.4. The summed E-state index contributed by atoms with van der Waals surface area (Å²) in [5, 5.41) is 30.0. The van der Waals surface area contributed by atoms with Crippen molar-refractivity contribution in [3.63, 3.8) is 0 Å². The third-order valence-corrected chi connectivity index (χ3v) is 4.98. The van der Waals surface area contributed by atoms with Crippen molar-refractivity contribution in [2.75, 3.05) is 6.61 Å². The predicted octanol–water partition coefficient (Wildman–Crippen LogP) is 2.63. The minimum Gasteiger partial charge on any atom is -0.480 e. The van der Waals surface area contributed by atoms with Crippen LogP contribution in [0.4, 0.5) is 0 Å². The SMILES string of the molecule is Cc1ccc2c(c1C)C(CO)=C(c1ccccc1)C2(C(=O)O)C(=O)O. The highest BCUT2D eigenvalue weighted by Crippen LogP contribution is 2.52. The van der Waals surface area contributed by atoms with Gasteiger partial charge in [0.2, 0.25) is 5.41 Å². The van der Waals surface area contributed by atoms with Crippen molar-refractivity contribution >= 4 is 23.1 Å². The number of rotatable bonds is 4. The van der Waals surface area contributed by atoms with Gasteiger partial charge in [0.1, 0.15) is 0 Å². The van der Waals surface area contributed by atoms with E-state index >= 15 is 0 Å². The maximum absolute atomic E-state index is 12.3. The molecule has 5 heteroatoms. The summed E-state index contributed by atoms with van der Waals surface area (Å²) in [7, 11) is 0. The van der Waals surface area contributed by atoms with Gasteiger partial charge in [-0.25, -0.2) is 0 Å². The topological polar surface area (TPSA) is 94.8 Å². The number of aryl methyl sites for hydroxylation is 1. The summed E-state index contributed by atoms with van der Waals surface area (Å²) in [6.45, 7) is 3.24. The predicted molar refractivity (Wildman–Crippen MR) is 93.2 cm³/mol. The van der Waals surface area contributed by atoms with Crippen LogP contribution in [-0.4, -0.2) is 33.9 Å². The van der Waals surface area contributed by atoms with E-state index in [1.54, 1.807) is 42.5 Å². The maximum Gasteiger partial charge on any atom is 0.330 e. The first-order chi connectivity index (χ1) is 11.9.